The second kappa shape index (κ2) is 8.04. The van der Waals surface area contributed by atoms with Gasteiger partial charge in [0.15, 0.2) is 5.69 Å². The van der Waals surface area contributed by atoms with Crippen molar-refractivity contribution >= 4 is 33.9 Å². The number of carbonyl (C=O) groups is 1. The van der Waals surface area contributed by atoms with Crippen molar-refractivity contribution in [1.82, 2.24) is 10.2 Å². The number of nitro groups is 1. The van der Waals surface area contributed by atoms with Crippen molar-refractivity contribution < 1.29 is 9.72 Å². The number of fused-ring (bicyclic) bond motifs is 1. The first-order chi connectivity index (χ1) is 14.5. The molecule has 1 heterocycles. The van der Waals surface area contributed by atoms with Gasteiger partial charge in [-0.2, -0.15) is 5.10 Å². The van der Waals surface area contributed by atoms with Gasteiger partial charge in [-0.3, -0.25) is 20.0 Å². The first kappa shape index (κ1) is 19.1. The summed E-state index contributed by atoms with van der Waals surface area (Å²) in [5.41, 5.74) is 3.19. The molecule has 0 fully saturated rings. The maximum absolute atomic E-state index is 12.9. The second-order valence-electron chi connectivity index (χ2n) is 6.87. The van der Waals surface area contributed by atoms with Crippen molar-refractivity contribution in [3.63, 3.8) is 0 Å². The third-order valence-corrected chi connectivity index (χ3v) is 4.80. The number of aromatic nitrogens is 2. The van der Waals surface area contributed by atoms with Crippen LogP contribution in [-0.2, 0) is 6.54 Å². The van der Waals surface area contributed by atoms with Gasteiger partial charge in [0.1, 0.15) is 0 Å². The van der Waals surface area contributed by atoms with Crippen molar-refractivity contribution in [2.24, 2.45) is 0 Å². The zero-order valence-electron chi connectivity index (χ0n) is 16.2. The van der Waals surface area contributed by atoms with E-state index in [1.807, 2.05) is 66.5 Å². The Labute approximate surface area is 172 Å². The largest absolute Gasteiger partial charge is 0.369 e. The maximum atomic E-state index is 12.9. The number of carbonyl (C=O) groups excluding carboxylic acids is 1. The number of nitrogens with zero attached hydrogens (tertiary/aromatic N) is 3. The van der Waals surface area contributed by atoms with Crippen molar-refractivity contribution in [2.75, 3.05) is 17.3 Å². The first-order valence-corrected chi connectivity index (χ1v) is 9.31. The van der Waals surface area contributed by atoms with Gasteiger partial charge in [0.05, 0.1) is 21.8 Å². The molecule has 1 aromatic heterocycles. The van der Waals surface area contributed by atoms with Gasteiger partial charge in [0, 0.05) is 31.1 Å². The summed E-state index contributed by atoms with van der Waals surface area (Å²) < 4.78 is 0. The molecule has 4 aromatic rings. The minimum Gasteiger partial charge on any atom is -0.369 e. The first-order valence-electron chi connectivity index (χ1n) is 9.31. The van der Waals surface area contributed by atoms with Gasteiger partial charge in [0.25, 0.3) is 11.6 Å². The summed E-state index contributed by atoms with van der Waals surface area (Å²) in [6, 6.07) is 21.8. The number of nitro benzene ring substituents is 1. The summed E-state index contributed by atoms with van der Waals surface area (Å²) in [5, 5.41) is 21.2. The molecule has 8 nitrogen and oxygen atoms in total. The van der Waals surface area contributed by atoms with Crippen LogP contribution in [0.1, 0.15) is 16.1 Å². The maximum Gasteiger partial charge on any atom is 0.276 e. The summed E-state index contributed by atoms with van der Waals surface area (Å²) in [5.74, 6) is -0.442. The molecule has 8 heteroatoms. The summed E-state index contributed by atoms with van der Waals surface area (Å²) in [7, 11) is 1.95. The molecule has 0 bridgehead atoms. The van der Waals surface area contributed by atoms with Crippen molar-refractivity contribution in [3.8, 4) is 0 Å². The van der Waals surface area contributed by atoms with Crippen LogP contribution >= 0.6 is 0 Å². The molecule has 4 rings (SSSR count). The number of amides is 1. The van der Waals surface area contributed by atoms with E-state index in [0.29, 0.717) is 23.1 Å². The van der Waals surface area contributed by atoms with E-state index < -0.39 is 10.8 Å². The van der Waals surface area contributed by atoms with Gasteiger partial charge in [0.2, 0.25) is 0 Å². The molecule has 0 saturated heterocycles. The number of aromatic amines is 1. The van der Waals surface area contributed by atoms with E-state index in [-0.39, 0.29) is 11.4 Å². The molecule has 0 radical (unpaired) electrons. The molecular weight excluding hydrogens is 382 g/mol. The van der Waals surface area contributed by atoms with E-state index in [1.54, 1.807) is 6.07 Å². The van der Waals surface area contributed by atoms with E-state index in [2.05, 4.69) is 15.5 Å². The Morgan fingerprint density at radius 2 is 1.83 bits per heavy atom. The van der Waals surface area contributed by atoms with E-state index in [4.69, 9.17) is 0 Å². The molecule has 0 aliphatic rings. The number of hydrogen-bond donors (Lipinski definition) is 2. The molecule has 0 atom stereocenters. The van der Waals surface area contributed by atoms with Crippen LogP contribution in [-0.4, -0.2) is 28.1 Å². The number of anilines is 2. The minimum atomic E-state index is -0.498. The van der Waals surface area contributed by atoms with E-state index in [1.165, 1.54) is 12.1 Å². The smallest absolute Gasteiger partial charge is 0.276 e. The molecule has 1 amide bonds. The van der Waals surface area contributed by atoms with Crippen molar-refractivity contribution in [1.29, 1.82) is 0 Å². The Morgan fingerprint density at radius 3 is 2.60 bits per heavy atom. The molecule has 0 spiro atoms. The molecule has 3 aromatic carbocycles. The van der Waals surface area contributed by atoms with Crippen LogP contribution in [0.3, 0.4) is 0 Å². The van der Waals surface area contributed by atoms with Gasteiger partial charge in [-0.1, -0.05) is 42.5 Å². The molecule has 0 aliphatic carbocycles. The highest BCUT2D eigenvalue weighted by molar-refractivity contribution is 6.12. The quantitative estimate of drug-likeness (QED) is 0.369. The third kappa shape index (κ3) is 3.83. The van der Waals surface area contributed by atoms with Gasteiger partial charge >= 0.3 is 0 Å². The topological polar surface area (TPSA) is 104 Å². The number of hydrogen-bond acceptors (Lipinski definition) is 5. The third-order valence-electron chi connectivity index (χ3n) is 4.80. The van der Waals surface area contributed by atoms with Gasteiger partial charge in [-0.15, -0.1) is 0 Å². The van der Waals surface area contributed by atoms with Crippen molar-refractivity contribution in [3.05, 3.63) is 94.2 Å². The van der Waals surface area contributed by atoms with E-state index in [0.717, 1.165) is 11.3 Å². The Morgan fingerprint density at radius 1 is 1.10 bits per heavy atom. The molecule has 0 aliphatic heterocycles. The summed E-state index contributed by atoms with van der Waals surface area (Å²) in [4.78, 5) is 25.5. The van der Waals surface area contributed by atoms with Gasteiger partial charge < -0.3 is 10.2 Å². The Kier molecular flexibility index (Phi) is 5.13. The molecule has 0 saturated carbocycles. The second-order valence-corrected chi connectivity index (χ2v) is 6.87. The highest BCUT2D eigenvalue weighted by Gasteiger charge is 2.19. The number of H-pyrrole nitrogens is 1. The van der Waals surface area contributed by atoms with Gasteiger partial charge in [-0.05, 0) is 23.8 Å². The minimum absolute atomic E-state index is 0.0963. The fourth-order valence-corrected chi connectivity index (χ4v) is 3.32. The lowest BCUT2D eigenvalue weighted by Crippen LogP contribution is -2.20. The molecule has 0 unspecified atom stereocenters. The number of non-ortho nitro benzene ring substituents is 1. The average Bonchev–Trinajstić information content (AvgIpc) is 3.18. The molecule has 30 heavy (non-hydrogen) atoms. The lowest BCUT2D eigenvalue weighted by molar-refractivity contribution is -0.384. The lowest BCUT2D eigenvalue weighted by Gasteiger charge is -2.22. The molecule has 150 valence electrons. The fraction of sp³-hybridized carbons (Fsp3) is 0.0909. The summed E-state index contributed by atoms with van der Waals surface area (Å²) >= 11 is 0. The normalized spacial score (nSPS) is 10.7. The standard InChI is InChI=1S/C22H19N5O3/c1-26(14-15-7-3-2-4-8-15)20-10-6-5-9-19(20)23-22(28)21-17-13-16(27(29)30)11-12-18(17)24-25-21/h2-13H,14H2,1H3,(H,23,28)(H,24,25). The number of nitrogens with one attached hydrogen (secondary N) is 2. The highest BCUT2D eigenvalue weighted by Crippen LogP contribution is 2.28. The number of rotatable bonds is 6. The summed E-state index contributed by atoms with van der Waals surface area (Å²) in [6.45, 7) is 0.672. The fourth-order valence-electron chi connectivity index (χ4n) is 3.32. The average molecular weight is 401 g/mol. The number of benzene rings is 3. The summed E-state index contributed by atoms with van der Waals surface area (Å²) in [6.07, 6.45) is 0. The lowest BCUT2D eigenvalue weighted by atomic mass is 10.1. The van der Waals surface area contributed by atoms with Crippen LogP contribution in [0.15, 0.2) is 72.8 Å². The van der Waals surface area contributed by atoms with E-state index in [9.17, 15) is 14.9 Å². The Balaban J connectivity index is 1.61. The van der Waals surface area contributed by atoms with Crippen LogP contribution in [0.4, 0.5) is 17.1 Å². The van der Waals surface area contributed by atoms with Crippen LogP contribution in [0.2, 0.25) is 0 Å². The number of para-hydroxylation sites is 2. The monoisotopic (exact) mass is 401 g/mol. The highest BCUT2D eigenvalue weighted by atomic mass is 16.6. The van der Waals surface area contributed by atoms with Crippen molar-refractivity contribution in [2.45, 2.75) is 6.54 Å². The van der Waals surface area contributed by atoms with E-state index >= 15 is 0 Å². The Hall–Kier alpha value is -4.20. The Bertz CT molecular complexity index is 1220. The zero-order valence-corrected chi connectivity index (χ0v) is 16.2. The molecular formula is C22H19N5O3. The molecule has 2 N–H and O–H groups in total. The van der Waals surface area contributed by atoms with Crippen LogP contribution in [0, 0.1) is 10.1 Å². The predicted molar refractivity (Wildman–Crippen MR) is 116 cm³/mol. The van der Waals surface area contributed by atoms with Crippen LogP contribution in [0.5, 0.6) is 0 Å². The zero-order chi connectivity index (χ0) is 21.1. The van der Waals surface area contributed by atoms with Crippen LogP contribution in [0.25, 0.3) is 10.9 Å². The SMILES string of the molecule is CN(Cc1ccccc1)c1ccccc1NC(=O)c1n[nH]c2ccc([N+](=O)[O-])cc12. The van der Waals surface area contributed by atoms with Crippen LogP contribution < -0.4 is 10.2 Å². The predicted octanol–water partition coefficient (Wildman–Crippen LogP) is 4.36. The van der Waals surface area contributed by atoms with Gasteiger partial charge in [-0.25, -0.2) is 0 Å².